The Morgan fingerprint density at radius 1 is 1.16 bits per heavy atom. The summed E-state index contributed by atoms with van der Waals surface area (Å²) in [6, 6.07) is 0.685. The average Bonchev–Trinajstić information content (AvgIpc) is 2.93. The summed E-state index contributed by atoms with van der Waals surface area (Å²) in [6.45, 7) is 8.68. The molecule has 2 aliphatic carbocycles. The summed E-state index contributed by atoms with van der Waals surface area (Å²) in [7, 11) is 2.35. The van der Waals surface area contributed by atoms with E-state index in [0.29, 0.717) is 11.5 Å². The minimum absolute atomic E-state index is 0.473. The summed E-state index contributed by atoms with van der Waals surface area (Å²) in [5, 5.41) is 3.76. The highest BCUT2D eigenvalue weighted by Gasteiger charge is 2.40. The molecule has 110 valence electrons. The Morgan fingerprint density at radius 2 is 2.00 bits per heavy atom. The van der Waals surface area contributed by atoms with Crippen LogP contribution in [0.3, 0.4) is 0 Å². The van der Waals surface area contributed by atoms with Crippen molar-refractivity contribution < 1.29 is 0 Å². The van der Waals surface area contributed by atoms with E-state index < -0.39 is 0 Å². The van der Waals surface area contributed by atoms with Crippen molar-refractivity contribution in [2.45, 2.75) is 58.4 Å². The van der Waals surface area contributed by atoms with Crippen LogP contribution in [0.5, 0.6) is 0 Å². The second-order valence-electron chi connectivity index (χ2n) is 8.25. The van der Waals surface area contributed by atoms with Gasteiger partial charge in [0.2, 0.25) is 0 Å². The number of rotatable bonds is 4. The third-order valence-corrected chi connectivity index (χ3v) is 6.26. The molecule has 2 nitrogen and oxygen atoms in total. The van der Waals surface area contributed by atoms with Crippen LogP contribution in [0.4, 0.5) is 0 Å². The van der Waals surface area contributed by atoms with Crippen molar-refractivity contribution in [3.63, 3.8) is 0 Å². The first-order valence-corrected chi connectivity index (χ1v) is 8.46. The Morgan fingerprint density at radius 3 is 2.63 bits per heavy atom. The van der Waals surface area contributed by atoms with E-state index >= 15 is 0 Å². The molecular formula is C17H32N2. The molecule has 0 amide bonds. The van der Waals surface area contributed by atoms with Crippen LogP contribution in [-0.2, 0) is 0 Å². The molecular weight excluding hydrogens is 232 g/mol. The van der Waals surface area contributed by atoms with Crippen LogP contribution >= 0.6 is 0 Å². The van der Waals surface area contributed by atoms with Crippen LogP contribution in [-0.4, -0.2) is 37.6 Å². The molecule has 0 aromatic heterocycles. The molecule has 3 fully saturated rings. The maximum Gasteiger partial charge on any atom is 0.0245 e. The van der Waals surface area contributed by atoms with Gasteiger partial charge >= 0.3 is 0 Å². The van der Waals surface area contributed by atoms with Gasteiger partial charge in [-0.1, -0.05) is 20.3 Å². The molecule has 19 heavy (non-hydrogen) atoms. The molecule has 0 aromatic carbocycles. The number of nitrogens with one attached hydrogen (secondary N) is 1. The Kier molecular flexibility index (Phi) is 3.92. The van der Waals surface area contributed by atoms with Crippen molar-refractivity contribution in [2.75, 3.05) is 26.7 Å². The molecule has 2 saturated carbocycles. The number of nitrogens with zero attached hydrogens (tertiary/aromatic N) is 1. The molecule has 4 unspecified atom stereocenters. The van der Waals surface area contributed by atoms with Crippen molar-refractivity contribution in [3.05, 3.63) is 0 Å². The summed E-state index contributed by atoms with van der Waals surface area (Å²) in [4.78, 5) is 2.62. The van der Waals surface area contributed by atoms with Crippen LogP contribution in [0, 0.1) is 23.2 Å². The number of likely N-dealkylation sites (N-methyl/N-ethyl adjacent to an activating group) is 1. The summed E-state index contributed by atoms with van der Waals surface area (Å²) >= 11 is 0. The minimum atomic E-state index is 0.473. The van der Waals surface area contributed by atoms with Crippen molar-refractivity contribution >= 4 is 0 Å². The van der Waals surface area contributed by atoms with E-state index in [1.54, 1.807) is 6.42 Å². The van der Waals surface area contributed by atoms with Gasteiger partial charge in [-0.15, -0.1) is 0 Å². The smallest absolute Gasteiger partial charge is 0.0245 e. The fraction of sp³-hybridized carbons (Fsp3) is 1.00. The summed E-state index contributed by atoms with van der Waals surface area (Å²) in [5.41, 5.74) is 0.473. The van der Waals surface area contributed by atoms with Gasteiger partial charge in [0.25, 0.3) is 0 Å². The van der Waals surface area contributed by atoms with E-state index in [1.807, 2.05) is 0 Å². The lowest BCUT2D eigenvalue weighted by molar-refractivity contribution is 0.123. The molecule has 2 heteroatoms. The number of fused-ring (bicyclic) bond motifs is 2. The van der Waals surface area contributed by atoms with Gasteiger partial charge in [0.05, 0.1) is 0 Å². The van der Waals surface area contributed by atoms with Crippen molar-refractivity contribution in [2.24, 2.45) is 23.2 Å². The lowest BCUT2D eigenvalue weighted by atomic mass is 9.77. The first-order chi connectivity index (χ1) is 9.04. The Bertz CT molecular complexity index is 312. The van der Waals surface area contributed by atoms with E-state index in [4.69, 9.17) is 0 Å². The summed E-state index contributed by atoms with van der Waals surface area (Å²) < 4.78 is 0. The molecule has 4 atom stereocenters. The molecule has 2 bridgehead atoms. The van der Waals surface area contributed by atoms with Gasteiger partial charge in [0, 0.05) is 19.1 Å². The van der Waals surface area contributed by atoms with Crippen molar-refractivity contribution in [3.8, 4) is 0 Å². The van der Waals surface area contributed by atoms with E-state index in [9.17, 15) is 0 Å². The van der Waals surface area contributed by atoms with Crippen LogP contribution in [0.15, 0.2) is 0 Å². The third kappa shape index (κ3) is 3.00. The largest absolute Gasteiger partial charge is 0.312 e. The molecule has 1 saturated heterocycles. The molecule has 1 aliphatic heterocycles. The fourth-order valence-electron chi connectivity index (χ4n) is 4.97. The van der Waals surface area contributed by atoms with Crippen LogP contribution < -0.4 is 5.32 Å². The zero-order valence-corrected chi connectivity index (χ0v) is 13.1. The van der Waals surface area contributed by atoms with E-state index in [0.717, 1.165) is 17.8 Å². The molecule has 1 heterocycles. The van der Waals surface area contributed by atoms with Crippen molar-refractivity contribution in [1.29, 1.82) is 0 Å². The molecule has 3 aliphatic rings. The number of hydrogen-bond donors (Lipinski definition) is 1. The van der Waals surface area contributed by atoms with Crippen LogP contribution in [0.25, 0.3) is 0 Å². The van der Waals surface area contributed by atoms with Gasteiger partial charge in [-0.05, 0) is 68.9 Å². The minimum Gasteiger partial charge on any atom is -0.312 e. The molecule has 0 radical (unpaired) electrons. The monoisotopic (exact) mass is 264 g/mol. The lowest BCUT2D eigenvalue weighted by Gasteiger charge is -2.42. The van der Waals surface area contributed by atoms with Gasteiger partial charge in [0.1, 0.15) is 0 Å². The first kappa shape index (κ1) is 13.9. The predicted molar refractivity (Wildman–Crippen MR) is 81.2 cm³/mol. The highest BCUT2D eigenvalue weighted by atomic mass is 15.1. The van der Waals surface area contributed by atoms with Gasteiger partial charge in [0.15, 0.2) is 0 Å². The van der Waals surface area contributed by atoms with Crippen LogP contribution in [0.2, 0.25) is 0 Å². The zero-order valence-electron chi connectivity index (χ0n) is 13.1. The first-order valence-electron chi connectivity index (χ1n) is 8.46. The van der Waals surface area contributed by atoms with Gasteiger partial charge < -0.3 is 10.2 Å². The Balaban J connectivity index is 1.49. The normalized spacial score (nSPS) is 41.1. The second-order valence-corrected chi connectivity index (χ2v) is 8.25. The Labute approximate surface area is 119 Å². The molecule has 0 aromatic rings. The molecule has 1 N–H and O–H groups in total. The standard InChI is InChI=1S/C17H32N2/c1-17(2)7-4-8-18-16(17)12-19(3)11-15-10-13-5-6-14(15)9-13/h13-16,18H,4-12H2,1-3H3. The fourth-order valence-corrected chi connectivity index (χ4v) is 4.97. The predicted octanol–water partition coefficient (Wildman–Crippen LogP) is 3.13. The van der Waals surface area contributed by atoms with Gasteiger partial charge in [-0.2, -0.15) is 0 Å². The highest BCUT2D eigenvalue weighted by Crippen LogP contribution is 2.48. The topological polar surface area (TPSA) is 15.3 Å². The number of piperidine rings is 1. The summed E-state index contributed by atoms with van der Waals surface area (Å²) in [5.74, 6) is 3.17. The highest BCUT2D eigenvalue weighted by molar-refractivity contribution is 4.93. The Hall–Kier alpha value is -0.0800. The average molecular weight is 264 g/mol. The SMILES string of the molecule is CN(CC1CC2CCC1C2)CC1NCCCC1(C)C. The zero-order chi connectivity index (χ0) is 13.5. The van der Waals surface area contributed by atoms with E-state index in [-0.39, 0.29) is 0 Å². The van der Waals surface area contributed by atoms with Gasteiger partial charge in [-0.3, -0.25) is 0 Å². The molecule has 0 spiro atoms. The second kappa shape index (κ2) is 5.37. The van der Waals surface area contributed by atoms with Crippen LogP contribution in [0.1, 0.15) is 52.4 Å². The quantitative estimate of drug-likeness (QED) is 0.839. The van der Waals surface area contributed by atoms with Crippen molar-refractivity contribution in [1.82, 2.24) is 10.2 Å². The maximum atomic E-state index is 3.76. The molecule has 3 rings (SSSR count). The lowest BCUT2D eigenvalue weighted by Crippen LogP contribution is -2.52. The maximum absolute atomic E-state index is 3.76. The van der Waals surface area contributed by atoms with E-state index in [2.05, 4.69) is 31.1 Å². The number of hydrogen-bond acceptors (Lipinski definition) is 2. The van der Waals surface area contributed by atoms with Gasteiger partial charge in [-0.25, -0.2) is 0 Å². The summed E-state index contributed by atoms with van der Waals surface area (Å²) in [6.07, 6.45) is 8.85. The third-order valence-electron chi connectivity index (χ3n) is 6.26. The van der Waals surface area contributed by atoms with E-state index in [1.165, 1.54) is 51.7 Å².